The van der Waals surface area contributed by atoms with E-state index < -0.39 is 0 Å². The van der Waals surface area contributed by atoms with Gasteiger partial charge in [-0.3, -0.25) is 4.79 Å². The highest BCUT2D eigenvalue weighted by Gasteiger charge is 2.18. The normalized spacial score (nSPS) is 12.3. The molecule has 0 radical (unpaired) electrons. The third kappa shape index (κ3) is 4.84. The van der Waals surface area contributed by atoms with E-state index in [2.05, 4.69) is 35.1 Å². The number of hydrogen-bond donors (Lipinski definition) is 2. The number of benzene rings is 1. The number of nitrogens with two attached hydrogens (primary N) is 1. The number of carbonyl (C=O) groups excluding carboxylic acids is 1. The number of anilines is 1. The molecule has 3 N–H and O–H groups in total. The van der Waals surface area contributed by atoms with E-state index in [0.717, 1.165) is 10.9 Å². The van der Waals surface area contributed by atoms with Crippen LogP contribution in [-0.2, 0) is 4.79 Å². The van der Waals surface area contributed by atoms with Crippen LogP contribution in [0.25, 0.3) is 0 Å². The molecular formula is C14H21BrN2O2. The van der Waals surface area contributed by atoms with Crippen molar-refractivity contribution >= 4 is 27.5 Å². The summed E-state index contributed by atoms with van der Waals surface area (Å²) in [6.45, 7) is 4.52. The predicted octanol–water partition coefficient (Wildman–Crippen LogP) is 3.02. The van der Waals surface area contributed by atoms with E-state index in [0.29, 0.717) is 23.9 Å². The van der Waals surface area contributed by atoms with Crippen molar-refractivity contribution in [2.75, 3.05) is 19.0 Å². The third-order valence-electron chi connectivity index (χ3n) is 2.83. The van der Waals surface area contributed by atoms with E-state index in [1.54, 1.807) is 13.2 Å². The molecule has 0 bridgehead atoms. The van der Waals surface area contributed by atoms with Crippen molar-refractivity contribution in [1.29, 1.82) is 0 Å². The number of halogens is 1. The lowest BCUT2D eigenvalue weighted by molar-refractivity contribution is -0.120. The van der Waals surface area contributed by atoms with E-state index in [9.17, 15) is 4.79 Å². The molecule has 0 heterocycles. The van der Waals surface area contributed by atoms with Crippen LogP contribution in [0.3, 0.4) is 0 Å². The summed E-state index contributed by atoms with van der Waals surface area (Å²) in [5, 5.41) is 2.88. The Morgan fingerprint density at radius 3 is 2.68 bits per heavy atom. The van der Waals surface area contributed by atoms with E-state index in [1.807, 2.05) is 12.1 Å². The molecule has 0 aliphatic rings. The fourth-order valence-corrected chi connectivity index (χ4v) is 2.27. The Labute approximate surface area is 122 Å². The van der Waals surface area contributed by atoms with Gasteiger partial charge < -0.3 is 15.8 Å². The number of amides is 1. The Hall–Kier alpha value is -1.07. The molecule has 1 aromatic rings. The highest BCUT2D eigenvalue weighted by molar-refractivity contribution is 9.10. The van der Waals surface area contributed by atoms with Crippen molar-refractivity contribution in [3.8, 4) is 5.75 Å². The molecule has 1 atom stereocenters. The average Bonchev–Trinajstić information content (AvgIpc) is 2.37. The van der Waals surface area contributed by atoms with Crippen molar-refractivity contribution in [3.05, 3.63) is 22.7 Å². The molecule has 0 aromatic heterocycles. The van der Waals surface area contributed by atoms with Gasteiger partial charge >= 0.3 is 0 Å². The third-order valence-corrected chi connectivity index (χ3v) is 3.49. The minimum Gasteiger partial charge on any atom is -0.495 e. The van der Waals surface area contributed by atoms with Crippen LogP contribution in [0.2, 0.25) is 0 Å². The second-order valence-electron chi connectivity index (χ2n) is 4.90. The molecular weight excluding hydrogens is 308 g/mol. The molecule has 1 aromatic carbocycles. The molecule has 19 heavy (non-hydrogen) atoms. The van der Waals surface area contributed by atoms with Crippen LogP contribution in [-0.4, -0.2) is 19.6 Å². The Morgan fingerprint density at radius 1 is 1.47 bits per heavy atom. The smallest absolute Gasteiger partial charge is 0.228 e. The van der Waals surface area contributed by atoms with E-state index in [-0.39, 0.29) is 11.8 Å². The first-order chi connectivity index (χ1) is 8.97. The number of carbonyl (C=O) groups is 1. The van der Waals surface area contributed by atoms with Crippen molar-refractivity contribution in [1.82, 2.24) is 0 Å². The second kappa shape index (κ2) is 7.50. The van der Waals surface area contributed by atoms with Gasteiger partial charge in [-0.2, -0.15) is 0 Å². The molecule has 5 heteroatoms. The molecule has 0 saturated heterocycles. The first-order valence-electron chi connectivity index (χ1n) is 6.32. The monoisotopic (exact) mass is 328 g/mol. The first-order valence-corrected chi connectivity index (χ1v) is 7.11. The van der Waals surface area contributed by atoms with Crippen LogP contribution in [0.5, 0.6) is 5.75 Å². The molecule has 106 valence electrons. The summed E-state index contributed by atoms with van der Waals surface area (Å²) in [6.07, 6.45) is 0.788. The zero-order chi connectivity index (χ0) is 14.4. The summed E-state index contributed by atoms with van der Waals surface area (Å²) in [4.78, 5) is 12.1. The standard InChI is InChI=1S/C14H21BrN2O2/c1-9(2)6-10(8-16)14(18)17-11-4-5-12(15)13(7-11)19-3/h4-5,7,9-10H,6,8,16H2,1-3H3,(H,17,18). The van der Waals surface area contributed by atoms with Crippen molar-refractivity contribution in [2.45, 2.75) is 20.3 Å². The van der Waals surface area contributed by atoms with E-state index in [4.69, 9.17) is 10.5 Å². The fourth-order valence-electron chi connectivity index (χ4n) is 1.86. The van der Waals surface area contributed by atoms with Crippen molar-refractivity contribution < 1.29 is 9.53 Å². The zero-order valence-corrected chi connectivity index (χ0v) is 13.2. The molecule has 0 saturated carbocycles. The lowest BCUT2D eigenvalue weighted by atomic mass is 9.96. The Bertz CT molecular complexity index is 435. The van der Waals surface area contributed by atoms with Gasteiger partial charge in [-0.05, 0) is 40.4 Å². The molecule has 1 unspecified atom stereocenters. The minimum absolute atomic E-state index is 0.0411. The summed E-state index contributed by atoms with van der Waals surface area (Å²) in [6, 6.07) is 5.45. The van der Waals surface area contributed by atoms with Gasteiger partial charge in [0.25, 0.3) is 0 Å². The van der Waals surface area contributed by atoms with Crippen LogP contribution in [0, 0.1) is 11.8 Å². The summed E-state index contributed by atoms with van der Waals surface area (Å²) in [5.41, 5.74) is 6.38. The summed E-state index contributed by atoms with van der Waals surface area (Å²) in [7, 11) is 1.59. The van der Waals surface area contributed by atoms with Crippen LogP contribution in [0.4, 0.5) is 5.69 Å². The summed E-state index contributed by atoms with van der Waals surface area (Å²) < 4.78 is 6.05. The van der Waals surface area contributed by atoms with E-state index >= 15 is 0 Å². The van der Waals surface area contributed by atoms with E-state index in [1.165, 1.54) is 0 Å². The van der Waals surface area contributed by atoms with Crippen molar-refractivity contribution in [2.24, 2.45) is 17.6 Å². The van der Waals surface area contributed by atoms with Gasteiger partial charge in [0.05, 0.1) is 17.5 Å². The van der Waals surface area contributed by atoms with Gasteiger partial charge in [-0.25, -0.2) is 0 Å². The quantitative estimate of drug-likeness (QED) is 0.843. The highest BCUT2D eigenvalue weighted by atomic mass is 79.9. The summed E-state index contributed by atoms with van der Waals surface area (Å²) >= 11 is 3.37. The van der Waals surface area contributed by atoms with Crippen LogP contribution in [0.1, 0.15) is 20.3 Å². The SMILES string of the molecule is COc1cc(NC(=O)C(CN)CC(C)C)ccc1Br. The maximum Gasteiger partial charge on any atom is 0.228 e. The fraction of sp³-hybridized carbons (Fsp3) is 0.500. The lowest BCUT2D eigenvalue weighted by Gasteiger charge is -2.17. The van der Waals surface area contributed by atoms with Crippen molar-refractivity contribution in [3.63, 3.8) is 0 Å². The Balaban J connectivity index is 2.75. The number of ether oxygens (including phenoxy) is 1. The lowest BCUT2D eigenvalue weighted by Crippen LogP contribution is -2.30. The molecule has 4 nitrogen and oxygen atoms in total. The predicted molar refractivity (Wildman–Crippen MR) is 81.3 cm³/mol. The van der Waals surface area contributed by atoms with Gasteiger partial charge in [-0.15, -0.1) is 0 Å². The zero-order valence-electron chi connectivity index (χ0n) is 11.6. The number of rotatable bonds is 6. The molecule has 0 fully saturated rings. The van der Waals surface area contributed by atoms with Crippen LogP contribution < -0.4 is 15.8 Å². The van der Waals surface area contributed by atoms with Crippen LogP contribution in [0.15, 0.2) is 22.7 Å². The molecule has 1 amide bonds. The van der Waals surface area contributed by atoms with Gasteiger partial charge in [0, 0.05) is 18.3 Å². The van der Waals surface area contributed by atoms with Gasteiger partial charge in [0.15, 0.2) is 0 Å². The van der Waals surface area contributed by atoms with Gasteiger partial charge in [0.1, 0.15) is 5.75 Å². The number of hydrogen-bond acceptors (Lipinski definition) is 3. The Kier molecular flexibility index (Phi) is 6.31. The highest BCUT2D eigenvalue weighted by Crippen LogP contribution is 2.28. The molecule has 0 aliphatic heterocycles. The van der Waals surface area contributed by atoms with Gasteiger partial charge in [-0.1, -0.05) is 13.8 Å². The molecule has 0 spiro atoms. The topological polar surface area (TPSA) is 64.3 Å². The second-order valence-corrected chi connectivity index (χ2v) is 5.76. The average molecular weight is 329 g/mol. The maximum atomic E-state index is 12.1. The largest absolute Gasteiger partial charge is 0.495 e. The number of methoxy groups -OCH3 is 1. The molecule has 1 rings (SSSR count). The first kappa shape index (κ1) is 16.0. The number of nitrogens with one attached hydrogen (secondary N) is 1. The van der Waals surface area contributed by atoms with Gasteiger partial charge in [0.2, 0.25) is 5.91 Å². The molecule has 0 aliphatic carbocycles. The minimum atomic E-state index is -0.158. The maximum absolute atomic E-state index is 12.1. The Morgan fingerprint density at radius 2 is 2.16 bits per heavy atom. The van der Waals surface area contributed by atoms with Crippen LogP contribution >= 0.6 is 15.9 Å². The summed E-state index contributed by atoms with van der Waals surface area (Å²) in [5.74, 6) is 0.930.